The van der Waals surface area contributed by atoms with Gasteiger partial charge >= 0.3 is 5.97 Å². The number of amides is 2. The maximum absolute atomic E-state index is 13.8. The highest BCUT2D eigenvalue weighted by atomic mass is 16.5. The fourth-order valence-corrected chi connectivity index (χ4v) is 4.07. The average molecular weight is 492 g/mol. The maximum Gasteiger partial charge on any atom is 0.358 e. The second-order valence-corrected chi connectivity index (χ2v) is 8.83. The zero-order valence-electron chi connectivity index (χ0n) is 20.4. The number of hydrogen-bond donors (Lipinski definition) is 2. The summed E-state index contributed by atoms with van der Waals surface area (Å²) in [4.78, 5) is 44.9. The largest absolute Gasteiger partial charge is 0.461 e. The van der Waals surface area contributed by atoms with E-state index in [-0.39, 0.29) is 30.2 Å². The second kappa shape index (κ2) is 10.7. The smallest absolute Gasteiger partial charge is 0.358 e. The molecule has 1 atom stereocenters. The van der Waals surface area contributed by atoms with Crippen molar-refractivity contribution < 1.29 is 19.1 Å². The van der Waals surface area contributed by atoms with E-state index in [0.29, 0.717) is 25.2 Å². The third-order valence-electron chi connectivity index (χ3n) is 6.30. The van der Waals surface area contributed by atoms with E-state index in [9.17, 15) is 14.4 Å². The van der Waals surface area contributed by atoms with Gasteiger partial charge in [-0.15, -0.1) is 12.3 Å². The number of likely N-dealkylation sites (N-methyl/N-ethyl adjacent to an activating group) is 1. The zero-order chi connectivity index (χ0) is 25.7. The summed E-state index contributed by atoms with van der Waals surface area (Å²) in [5, 5.41) is 17.7. The van der Waals surface area contributed by atoms with Crippen LogP contribution in [0.2, 0.25) is 0 Å². The molecule has 2 amide bonds. The summed E-state index contributed by atoms with van der Waals surface area (Å²) in [5.41, 5.74) is 0.909. The highest BCUT2D eigenvalue weighted by Crippen LogP contribution is 2.40. The molecule has 1 unspecified atom stereocenters. The van der Waals surface area contributed by atoms with Gasteiger partial charge in [0.1, 0.15) is 5.69 Å². The summed E-state index contributed by atoms with van der Waals surface area (Å²) in [6, 6.07) is 4.01. The Bertz CT molecular complexity index is 1200. The molecule has 2 aromatic rings. The number of hydrogen-bond acceptors (Lipinski definition) is 8. The molecule has 0 aromatic carbocycles. The number of aromatic nitrogens is 3. The van der Waals surface area contributed by atoms with Gasteiger partial charge in [0, 0.05) is 39.1 Å². The van der Waals surface area contributed by atoms with Crippen molar-refractivity contribution in [1.82, 2.24) is 25.4 Å². The van der Waals surface area contributed by atoms with Crippen LogP contribution in [0.1, 0.15) is 83.2 Å². The van der Waals surface area contributed by atoms with Gasteiger partial charge in [0.2, 0.25) is 5.91 Å². The Kier molecular flexibility index (Phi) is 7.43. The van der Waals surface area contributed by atoms with E-state index in [2.05, 4.69) is 36.6 Å². The molecular formula is C25H29N7O4. The molecule has 1 saturated carbocycles. The highest BCUT2D eigenvalue weighted by molar-refractivity contribution is 5.97. The monoisotopic (exact) mass is 491 g/mol. The molecule has 0 radical (unpaired) electrons. The summed E-state index contributed by atoms with van der Waals surface area (Å²) >= 11 is 0. The molecular weight excluding hydrogens is 462 g/mol. The van der Waals surface area contributed by atoms with Gasteiger partial charge in [-0.1, -0.05) is 0 Å². The number of aromatic amines is 1. The summed E-state index contributed by atoms with van der Waals surface area (Å²) in [6.45, 7) is 2.02. The fraction of sp³-hybridized carbons (Fsp3) is 0.480. The number of H-pyrrole nitrogens is 1. The number of esters is 1. The predicted molar refractivity (Wildman–Crippen MR) is 129 cm³/mol. The molecule has 2 aliphatic rings. The molecule has 11 heteroatoms. The van der Waals surface area contributed by atoms with Crippen molar-refractivity contribution in [2.75, 3.05) is 20.2 Å². The van der Waals surface area contributed by atoms with Gasteiger partial charge in [-0.2, -0.15) is 15.3 Å². The lowest BCUT2D eigenvalue weighted by Crippen LogP contribution is -2.44. The molecule has 2 N–H and O–H groups in total. The lowest BCUT2D eigenvalue weighted by molar-refractivity contribution is -0.125. The molecule has 0 saturated heterocycles. The molecule has 0 spiro atoms. The molecule has 36 heavy (non-hydrogen) atoms. The minimum atomic E-state index is -1.10. The number of nitrogens with one attached hydrogen (secondary N) is 2. The number of terminal acetylenes is 1. The Hall–Kier alpha value is -4.07. The van der Waals surface area contributed by atoms with Crippen molar-refractivity contribution in [3.05, 3.63) is 47.0 Å². The predicted octanol–water partition coefficient (Wildman–Crippen LogP) is 2.75. The van der Waals surface area contributed by atoms with Gasteiger partial charge in [-0.25, -0.2) is 4.79 Å². The van der Waals surface area contributed by atoms with Crippen LogP contribution in [-0.2, 0) is 9.53 Å². The summed E-state index contributed by atoms with van der Waals surface area (Å²) < 4.78 is 5.01. The molecule has 11 nitrogen and oxygen atoms in total. The lowest BCUT2D eigenvalue weighted by atomic mass is 10.0. The van der Waals surface area contributed by atoms with E-state index in [4.69, 9.17) is 11.2 Å². The first-order valence-corrected chi connectivity index (χ1v) is 12.0. The van der Waals surface area contributed by atoms with Gasteiger partial charge < -0.3 is 15.0 Å². The van der Waals surface area contributed by atoms with Gasteiger partial charge in [0.05, 0.1) is 12.3 Å². The van der Waals surface area contributed by atoms with E-state index in [0.717, 1.165) is 18.4 Å². The Morgan fingerprint density at radius 1 is 1.28 bits per heavy atom. The van der Waals surface area contributed by atoms with Crippen molar-refractivity contribution in [2.24, 2.45) is 10.2 Å². The second-order valence-electron chi connectivity index (χ2n) is 8.83. The first-order valence-electron chi connectivity index (χ1n) is 12.0. The van der Waals surface area contributed by atoms with Crippen molar-refractivity contribution in [3.8, 4) is 12.3 Å². The van der Waals surface area contributed by atoms with Crippen molar-refractivity contribution >= 4 is 17.8 Å². The van der Waals surface area contributed by atoms with Gasteiger partial charge in [0.15, 0.2) is 17.4 Å². The number of nitrogens with zero attached hydrogens (tertiary/aromatic N) is 5. The lowest BCUT2D eigenvalue weighted by Gasteiger charge is -2.30. The molecule has 188 valence electrons. The molecule has 1 aliphatic carbocycles. The van der Waals surface area contributed by atoms with Crippen molar-refractivity contribution in [1.29, 1.82) is 0 Å². The van der Waals surface area contributed by atoms with Crippen LogP contribution in [0.4, 0.5) is 0 Å². The summed E-state index contributed by atoms with van der Waals surface area (Å²) in [5.74, 6) is 1.51. The van der Waals surface area contributed by atoms with E-state index in [1.54, 1.807) is 19.2 Å². The van der Waals surface area contributed by atoms with Crippen LogP contribution in [0, 0.1) is 12.3 Å². The van der Waals surface area contributed by atoms with Crippen LogP contribution < -0.4 is 5.32 Å². The number of ether oxygens (including phenoxy) is 1. The third kappa shape index (κ3) is 5.59. The first kappa shape index (κ1) is 25.0. The van der Waals surface area contributed by atoms with Crippen LogP contribution in [-0.4, -0.2) is 63.7 Å². The van der Waals surface area contributed by atoms with Crippen LogP contribution in [0.15, 0.2) is 34.6 Å². The zero-order valence-corrected chi connectivity index (χ0v) is 20.4. The van der Waals surface area contributed by atoms with E-state index in [1.165, 1.54) is 18.0 Å². The Labute approximate surface area is 209 Å². The molecule has 3 heterocycles. The average Bonchev–Trinajstić information content (AvgIpc) is 3.83. The topological polar surface area (TPSA) is 142 Å². The van der Waals surface area contributed by atoms with E-state index in [1.807, 2.05) is 6.07 Å². The van der Waals surface area contributed by atoms with Crippen LogP contribution in [0.25, 0.3) is 0 Å². The van der Waals surface area contributed by atoms with Crippen molar-refractivity contribution in [2.45, 2.75) is 56.7 Å². The maximum atomic E-state index is 13.8. The van der Waals surface area contributed by atoms with E-state index >= 15 is 0 Å². The van der Waals surface area contributed by atoms with Gasteiger partial charge in [-0.3, -0.25) is 19.7 Å². The fourth-order valence-electron chi connectivity index (χ4n) is 4.07. The summed E-state index contributed by atoms with van der Waals surface area (Å²) in [7, 11) is 1.48. The Morgan fingerprint density at radius 2 is 2.06 bits per heavy atom. The molecule has 0 bridgehead atoms. The summed E-state index contributed by atoms with van der Waals surface area (Å²) in [6.07, 6.45) is 10.6. The molecule has 1 aliphatic heterocycles. The first-order chi connectivity index (χ1) is 17.4. The SMILES string of the molecule is C#CCCC1(CCN(C(=O)c2cc(C3CC3)ccn2)C(C(=O)NC)c2cc(C(=O)OCC)n[nH]2)N=N1. The Morgan fingerprint density at radius 3 is 2.69 bits per heavy atom. The minimum Gasteiger partial charge on any atom is -0.461 e. The van der Waals surface area contributed by atoms with Crippen LogP contribution in [0.3, 0.4) is 0 Å². The van der Waals surface area contributed by atoms with Gasteiger partial charge in [-0.05, 0) is 49.4 Å². The van der Waals surface area contributed by atoms with Crippen LogP contribution in [0.5, 0.6) is 0 Å². The van der Waals surface area contributed by atoms with Crippen LogP contribution >= 0.6 is 0 Å². The van der Waals surface area contributed by atoms with Crippen molar-refractivity contribution in [3.63, 3.8) is 0 Å². The normalized spacial score (nSPS) is 16.0. The number of pyridine rings is 1. The van der Waals surface area contributed by atoms with E-state index < -0.39 is 29.5 Å². The standard InChI is InChI=1S/C25H29N7O4/c1-4-6-10-25(30-31-25)11-13-32(23(34)19-14-17(9-12-27-19)16-7-8-16)21(22(33)26-3)18-15-20(29-28-18)24(35)36-5-2/h1,9,12,14-16,21H,5-8,10-11,13H2,2-3H3,(H,26,33)(H,28,29). The molecule has 2 aromatic heterocycles. The third-order valence-corrected chi connectivity index (χ3v) is 6.30. The number of carbonyl (C=O) groups excluding carboxylic acids is 3. The Balaban J connectivity index is 1.66. The highest BCUT2D eigenvalue weighted by Gasteiger charge is 2.42. The number of rotatable bonds is 12. The van der Waals surface area contributed by atoms with Gasteiger partial charge in [0.25, 0.3) is 5.91 Å². The number of carbonyl (C=O) groups is 3. The minimum absolute atomic E-state index is 0.0136. The quantitative estimate of drug-likeness (QED) is 0.345. The molecule has 4 rings (SSSR count). The molecule has 1 fully saturated rings.